The molecule has 1 N–H and O–H groups in total. The van der Waals surface area contributed by atoms with E-state index < -0.39 is 0 Å². The van der Waals surface area contributed by atoms with Crippen LogP contribution in [0.4, 0.5) is 5.13 Å². The Morgan fingerprint density at radius 1 is 1.30 bits per heavy atom. The number of nitrogens with one attached hydrogen (secondary N) is 1. The molecule has 1 aromatic heterocycles. The summed E-state index contributed by atoms with van der Waals surface area (Å²) in [6.45, 7) is 2.18. The van der Waals surface area contributed by atoms with Crippen LogP contribution in [0.15, 0.2) is 17.5 Å². The molecule has 0 saturated carbocycles. The molecule has 1 fully saturated rings. The highest BCUT2D eigenvalue weighted by molar-refractivity contribution is 7.14. The molecule has 2 aromatic rings. The maximum absolute atomic E-state index is 12.0. The Kier molecular flexibility index (Phi) is 5.77. The quantitative estimate of drug-likeness (QED) is 0.786. The number of benzene rings is 1. The van der Waals surface area contributed by atoms with E-state index in [2.05, 4.69) is 10.3 Å². The molecule has 9 heteroatoms. The Balaban J connectivity index is 1.36. The van der Waals surface area contributed by atoms with Gasteiger partial charge >= 0.3 is 0 Å². The van der Waals surface area contributed by atoms with Gasteiger partial charge in [0, 0.05) is 23.6 Å². The third-order valence-electron chi connectivity index (χ3n) is 4.22. The molecule has 1 atom stereocenters. The van der Waals surface area contributed by atoms with Crippen molar-refractivity contribution in [2.75, 3.05) is 38.4 Å². The van der Waals surface area contributed by atoms with Gasteiger partial charge in [0.1, 0.15) is 19.8 Å². The van der Waals surface area contributed by atoms with Crippen molar-refractivity contribution in [1.82, 2.24) is 4.98 Å². The first-order valence-corrected chi connectivity index (χ1v) is 9.99. The molecule has 4 rings (SSSR count). The number of nitrogens with zero attached hydrogens (tertiary/aromatic N) is 1. The molecule has 3 heterocycles. The minimum Gasteiger partial charge on any atom is -0.486 e. The predicted molar refractivity (Wildman–Crippen MR) is 102 cm³/mol. The summed E-state index contributed by atoms with van der Waals surface area (Å²) in [6, 6.07) is 3.53. The van der Waals surface area contributed by atoms with Crippen LogP contribution in [0.2, 0.25) is 5.02 Å². The van der Waals surface area contributed by atoms with Crippen molar-refractivity contribution < 1.29 is 23.7 Å². The monoisotopic (exact) mass is 410 g/mol. The van der Waals surface area contributed by atoms with Gasteiger partial charge < -0.3 is 18.9 Å². The second kappa shape index (κ2) is 8.43. The lowest BCUT2D eigenvalue weighted by molar-refractivity contribution is -0.121. The molecule has 0 spiro atoms. The first-order chi connectivity index (χ1) is 13.2. The van der Waals surface area contributed by atoms with Crippen LogP contribution in [0.5, 0.6) is 11.5 Å². The fourth-order valence-corrected chi connectivity index (χ4v) is 3.91. The summed E-state index contributed by atoms with van der Waals surface area (Å²) >= 11 is 7.67. The van der Waals surface area contributed by atoms with Crippen LogP contribution in [0, 0.1) is 0 Å². The third-order valence-corrected chi connectivity index (χ3v) is 5.29. The summed E-state index contributed by atoms with van der Waals surface area (Å²) in [5, 5.41) is 5.58. The number of hydrogen-bond acceptors (Lipinski definition) is 7. The Bertz CT molecular complexity index is 822. The fourth-order valence-electron chi connectivity index (χ4n) is 2.93. The number of amides is 1. The van der Waals surface area contributed by atoms with Gasteiger partial charge in [-0.2, -0.15) is 0 Å². The van der Waals surface area contributed by atoms with Crippen molar-refractivity contribution in [2.45, 2.75) is 18.9 Å². The molecule has 27 heavy (non-hydrogen) atoms. The summed E-state index contributed by atoms with van der Waals surface area (Å²) in [5.74, 6) is 1.02. The molecule has 2 aliphatic heterocycles. The van der Waals surface area contributed by atoms with Crippen LogP contribution >= 0.6 is 22.9 Å². The summed E-state index contributed by atoms with van der Waals surface area (Å²) in [5.41, 5.74) is 1.39. The van der Waals surface area contributed by atoms with E-state index in [0.717, 1.165) is 25.0 Å². The second-order valence-corrected chi connectivity index (χ2v) is 7.48. The Labute approximate surface area is 165 Å². The molecule has 1 saturated heterocycles. The number of rotatable bonds is 6. The average Bonchev–Trinajstić information content (AvgIpc) is 3.33. The Hall–Kier alpha value is -1.87. The molecule has 144 valence electrons. The summed E-state index contributed by atoms with van der Waals surface area (Å²) < 4.78 is 22.0. The zero-order chi connectivity index (χ0) is 18.6. The largest absolute Gasteiger partial charge is 0.486 e. The number of hydrogen-bond donors (Lipinski definition) is 1. The van der Waals surface area contributed by atoms with E-state index in [1.54, 1.807) is 6.07 Å². The lowest BCUT2D eigenvalue weighted by Gasteiger charge is -2.19. The molecule has 1 unspecified atom stereocenters. The highest BCUT2D eigenvalue weighted by Gasteiger charge is 2.19. The zero-order valence-corrected chi connectivity index (χ0v) is 16.1. The van der Waals surface area contributed by atoms with Crippen LogP contribution < -0.4 is 14.8 Å². The van der Waals surface area contributed by atoms with E-state index in [-0.39, 0.29) is 18.6 Å². The van der Waals surface area contributed by atoms with Crippen molar-refractivity contribution in [1.29, 1.82) is 0 Å². The number of ether oxygens (including phenoxy) is 4. The normalized spacial score (nSPS) is 18.5. The number of aromatic nitrogens is 1. The molecule has 7 nitrogen and oxygen atoms in total. The minimum absolute atomic E-state index is 0.0282. The van der Waals surface area contributed by atoms with E-state index in [9.17, 15) is 4.79 Å². The van der Waals surface area contributed by atoms with Gasteiger partial charge in [0.25, 0.3) is 5.91 Å². The number of carbonyl (C=O) groups excluding carboxylic acids is 1. The molecule has 0 radical (unpaired) electrons. The lowest BCUT2D eigenvalue weighted by Crippen LogP contribution is -2.22. The standard InChI is InChI=1S/C18H19ClN2O5S/c19-13-7-16-15(25-4-5-26-16)6-12(13)14-10-27-18(20-14)21-17(22)9-23-8-11-2-1-3-24-11/h6-7,10-11H,1-5,8-9H2,(H,20,21,22). The van der Waals surface area contributed by atoms with Crippen molar-refractivity contribution in [2.24, 2.45) is 0 Å². The topological polar surface area (TPSA) is 78.9 Å². The number of thiazole rings is 1. The summed E-state index contributed by atoms with van der Waals surface area (Å²) in [7, 11) is 0. The number of carbonyl (C=O) groups is 1. The van der Waals surface area contributed by atoms with Gasteiger partial charge in [0.05, 0.1) is 23.4 Å². The van der Waals surface area contributed by atoms with Gasteiger partial charge in [-0.25, -0.2) is 4.98 Å². The maximum atomic E-state index is 12.0. The maximum Gasteiger partial charge on any atom is 0.252 e. The number of anilines is 1. The van der Waals surface area contributed by atoms with Crippen molar-refractivity contribution in [3.8, 4) is 22.8 Å². The van der Waals surface area contributed by atoms with E-state index in [1.165, 1.54) is 11.3 Å². The first kappa shape index (κ1) is 18.5. The van der Waals surface area contributed by atoms with E-state index in [1.807, 2.05) is 11.4 Å². The molecule has 1 aromatic carbocycles. The van der Waals surface area contributed by atoms with Crippen molar-refractivity contribution in [3.63, 3.8) is 0 Å². The molecular weight excluding hydrogens is 392 g/mol. The predicted octanol–water partition coefficient (Wildman–Crippen LogP) is 3.37. The second-order valence-electron chi connectivity index (χ2n) is 6.21. The highest BCUT2D eigenvalue weighted by Crippen LogP contribution is 2.40. The Morgan fingerprint density at radius 2 is 2.11 bits per heavy atom. The van der Waals surface area contributed by atoms with Crippen molar-refractivity contribution in [3.05, 3.63) is 22.5 Å². The number of fused-ring (bicyclic) bond motifs is 1. The highest BCUT2D eigenvalue weighted by atomic mass is 35.5. The molecule has 2 aliphatic rings. The SMILES string of the molecule is O=C(COCC1CCCO1)Nc1nc(-c2cc3c(cc2Cl)OCCO3)cs1. The lowest BCUT2D eigenvalue weighted by atomic mass is 10.1. The number of halogens is 1. The van der Waals surface area contributed by atoms with E-state index >= 15 is 0 Å². The Morgan fingerprint density at radius 3 is 2.89 bits per heavy atom. The summed E-state index contributed by atoms with van der Waals surface area (Å²) in [6.07, 6.45) is 2.12. The van der Waals surface area contributed by atoms with Crippen LogP contribution in [0.1, 0.15) is 12.8 Å². The molecule has 0 aliphatic carbocycles. The van der Waals surface area contributed by atoms with E-state index in [4.69, 9.17) is 30.5 Å². The van der Waals surface area contributed by atoms with Gasteiger partial charge in [-0.05, 0) is 18.9 Å². The third kappa shape index (κ3) is 4.52. The smallest absolute Gasteiger partial charge is 0.252 e. The molecular formula is C18H19ClN2O5S. The van der Waals surface area contributed by atoms with E-state index in [0.29, 0.717) is 47.2 Å². The van der Waals surface area contributed by atoms with Crippen LogP contribution in [-0.2, 0) is 14.3 Å². The summed E-state index contributed by atoms with van der Waals surface area (Å²) in [4.78, 5) is 16.5. The van der Waals surface area contributed by atoms with Gasteiger partial charge in [0.2, 0.25) is 0 Å². The zero-order valence-electron chi connectivity index (χ0n) is 14.5. The first-order valence-electron chi connectivity index (χ1n) is 8.73. The molecule has 1 amide bonds. The van der Waals surface area contributed by atoms with Gasteiger partial charge in [-0.15, -0.1) is 11.3 Å². The average molecular weight is 411 g/mol. The van der Waals surface area contributed by atoms with Crippen molar-refractivity contribution >= 4 is 34.0 Å². The van der Waals surface area contributed by atoms with Crippen LogP contribution in [0.3, 0.4) is 0 Å². The minimum atomic E-state index is -0.248. The van der Waals surface area contributed by atoms with Gasteiger partial charge in [0.15, 0.2) is 16.6 Å². The van der Waals surface area contributed by atoms with Gasteiger partial charge in [-0.1, -0.05) is 11.6 Å². The van der Waals surface area contributed by atoms with Crippen LogP contribution in [-0.4, -0.2) is 50.0 Å². The van der Waals surface area contributed by atoms with Gasteiger partial charge in [-0.3, -0.25) is 10.1 Å². The fraction of sp³-hybridized carbons (Fsp3) is 0.444. The molecule has 0 bridgehead atoms. The van der Waals surface area contributed by atoms with Crippen LogP contribution in [0.25, 0.3) is 11.3 Å².